The fourth-order valence-electron chi connectivity index (χ4n) is 3.05. The van der Waals surface area contributed by atoms with Crippen molar-refractivity contribution in [3.05, 3.63) is 59.9 Å². The third-order valence-electron chi connectivity index (χ3n) is 4.34. The van der Waals surface area contributed by atoms with E-state index in [-0.39, 0.29) is 42.7 Å². The molecule has 1 atom stereocenters. The predicted octanol–water partition coefficient (Wildman–Crippen LogP) is 3.89. The molecule has 1 aliphatic heterocycles. The lowest BCUT2D eigenvalue weighted by Gasteiger charge is -2.26. The number of para-hydroxylation sites is 2. The number of carbonyl (C=O) groups is 3. The van der Waals surface area contributed by atoms with Crippen molar-refractivity contribution in [1.29, 1.82) is 0 Å². The summed E-state index contributed by atoms with van der Waals surface area (Å²) < 4.78 is 19.2. The van der Waals surface area contributed by atoms with Gasteiger partial charge >= 0.3 is 5.97 Å². The third-order valence-corrected chi connectivity index (χ3v) is 5.54. The molecule has 6 nitrogen and oxygen atoms in total. The van der Waals surface area contributed by atoms with Crippen molar-refractivity contribution in [2.75, 3.05) is 22.6 Å². The summed E-state index contributed by atoms with van der Waals surface area (Å²) in [6.07, 6.45) is -0.0270. The van der Waals surface area contributed by atoms with E-state index < -0.39 is 17.2 Å². The van der Waals surface area contributed by atoms with E-state index in [2.05, 4.69) is 5.32 Å². The van der Waals surface area contributed by atoms with Crippen LogP contribution < -0.4 is 10.2 Å². The number of halogens is 1. The first kappa shape index (κ1) is 20.9. The van der Waals surface area contributed by atoms with Crippen LogP contribution in [0.1, 0.15) is 30.7 Å². The molecule has 3 rings (SSSR count). The maximum Gasteiger partial charge on any atom is 0.306 e. The lowest BCUT2D eigenvalue weighted by atomic mass is 10.1. The molecule has 1 saturated heterocycles. The summed E-state index contributed by atoms with van der Waals surface area (Å²) in [5.74, 6) is -1.24. The third kappa shape index (κ3) is 4.95. The topological polar surface area (TPSA) is 75.7 Å². The van der Waals surface area contributed by atoms with Crippen LogP contribution in [0, 0.1) is 5.82 Å². The quantitative estimate of drug-likeness (QED) is 0.693. The normalized spacial score (nSPS) is 16.0. The average molecular weight is 416 g/mol. The first-order valence-electron chi connectivity index (χ1n) is 9.24. The summed E-state index contributed by atoms with van der Waals surface area (Å²) >= 11 is 1.37. The van der Waals surface area contributed by atoms with E-state index in [1.165, 1.54) is 22.7 Å². The standard InChI is InChI=1S/C21H21FN2O4S/c1-2-28-20(27)12-11-18(25)23-16-9-5-3-7-14(16)21-24(19(26)13-29-21)17-10-6-4-8-15(17)22/h3-10,21H,2,11-13H2,1H3,(H,23,25). The Morgan fingerprint density at radius 3 is 2.66 bits per heavy atom. The SMILES string of the molecule is CCOC(=O)CCC(=O)Nc1ccccc1C1SCC(=O)N1c1ccccc1F. The second kappa shape index (κ2) is 9.56. The van der Waals surface area contributed by atoms with Crippen molar-refractivity contribution >= 4 is 40.9 Å². The molecule has 2 aromatic carbocycles. The molecule has 0 aliphatic carbocycles. The number of hydrogen-bond donors (Lipinski definition) is 1. The summed E-state index contributed by atoms with van der Waals surface area (Å²) in [7, 11) is 0. The maximum atomic E-state index is 14.3. The molecule has 2 aromatic rings. The number of thioether (sulfide) groups is 1. The van der Waals surface area contributed by atoms with Gasteiger partial charge in [-0.05, 0) is 25.1 Å². The van der Waals surface area contributed by atoms with Crippen molar-refractivity contribution < 1.29 is 23.5 Å². The van der Waals surface area contributed by atoms with Crippen LogP contribution in [0.25, 0.3) is 0 Å². The lowest BCUT2D eigenvalue weighted by Crippen LogP contribution is -2.29. The molecule has 0 aromatic heterocycles. The van der Waals surface area contributed by atoms with Gasteiger partial charge in [0.15, 0.2) is 0 Å². The number of rotatable bonds is 7. The van der Waals surface area contributed by atoms with Gasteiger partial charge in [-0.25, -0.2) is 4.39 Å². The van der Waals surface area contributed by atoms with Crippen LogP contribution in [-0.4, -0.2) is 30.1 Å². The van der Waals surface area contributed by atoms with Gasteiger partial charge in [0, 0.05) is 17.7 Å². The first-order valence-corrected chi connectivity index (χ1v) is 10.3. The lowest BCUT2D eigenvalue weighted by molar-refractivity contribution is -0.144. The number of nitrogens with zero attached hydrogens (tertiary/aromatic N) is 1. The average Bonchev–Trinajstić information content (AvgIpc) is 3.08. The Kier molecular flexibility index (Phi) is 6.87. The zero-order valence-corrected chi connectivity index (χ0v) is 16.7. The highest BCUT2D eigenvalue weighted by atomic mass is 32.2. The fraction of sp³-hybridized carbons (Fsp3) is 0.286. The van der Waals surface area contributed by atoms with Crippen LogP contribution in [0.3, 0.4) is 0 Å². The molecule has 1 heterocycles. The Balaban J connectivity index is 1.81. The fourth-order valence-corrected chi connectivity index (χ4v) is 4.25. The van der Waals surface area contributed by atoms with Gasteiger partial charge in [-0.2, -0.15) is 0 Å². The van der Waals surface area contributed by atoms with Crippen LogP contribution in [-0.2, 0) is 19.1 Å². The van der Waals surface area contributed by atoms with E-state index in [0.717, 1.165) is 0 Å². The van der Waals surface area contributed by atoms with Crippen molar-refractivity contribution in [1.82, 2.24) is 0 Å². The minimum atomic E-state index is -0.482. The van der Waals surface area contributed by atoms with Gasteiger partial charge in [-0.1, -0.05) is 30.3 Å². The Hall–Kier alpha value is -2.87. The number of benzene rings is 2. The highest BCUT2D eigenvalue weighted by molar-refractivity contribution is 8.00. The van der Waals surface area contributed by atoms with E-state index >= 15 is 0 Å². The number of anilines is 2. The molecular formula is C21H21FN2O4S. The molecule has 0 saturated carbocycles. The summed E-state index contributed by atoms with van der Waals surface area (Å²) in [6, 6.07) is 13.2. The molecule has 1 aliphatic rings. The smallest absolute Gasteiger partial charge is 0.306 e. The highest BCUT2D eigenvalue weighted by Crippen LogP contribution is 2.44. The minimum absolute atomic E-state index is 0.0130. The largest absolute Gasteiger partial charge is 0.466 e. The Morgan fingerprint density at radius 1 is 1.17 bits per heavy atom. The Bertz CT molecular complexity index is 921. The maximum absolute atomic E-state index is 14.3. The second-order valence-electron chi connectivity index (χ2n) is 6.32. The first-order chi connectivity index (χ1) is 14.0. The summed E-state index contributed by atoms with van der Waals surface area (Å²) in [5.41, 5.74) is 1.42. The monoisotopic (exact) mass is 416 g/mol. The molecule has 2 amide bonds. The number of nitrogens with one attached hydrogen (secondary N) is 1. The second-order valence-corrected chi connectivity index (χ2v) is 7.39. The molecular weight excluding hydrogens is 395 g/mol. The summed E-state index contributed by atoms with van der Waals surface area (Å²) in [5, 5.41) is 2.32. The minimum Gasteiger partial charge on any atom is -0.466 e. The molecule has 152 valence electrons. The van der Waals surface area contributed by atoms with Crippen molar-refractivity contribution in [3.8, 4) is 0 Å². The van der Waals surface area contributed by atoms with Gasteiger partial charge in [-0.3, -0.25) is 19.3 Å². The Labute approximate surface area is 172 Å². The van der Waals surface area contributed by atoms with Crippen LogP contribution in [0.2, 0.25) is 0 Å². The molecule has 0 bridgehead atoms. The van der Waals surface area contributed by atoms with Gasteiger partial charge in [0.25, 0.3) is 0 Å². The number of ether oxygens (including phenoxy) is 1. The van der Waals surface area contributed by atoms with Crippen LogP contribution in [0.4, 0.5) is 15.8 Å². The van der Waals surface area contributed by atoms with E-state index in [4.69, 9.17) is 4.74 Å². The summed E-state index contributed by atoms with van der Waals surface area (Å²) in [4.78, 5) is 37.7. The van der Waals surface area contributed by atoms with Crippen molar-refractivity contribution in [3.63, 3.8) is 0 Å². The van der Waals surface area contributed by atoms with E-state index in [9.17, 15) is 18.8 Å². The van der Waals surface area contributed by atoms with Gasteiger partial charge in [0.05, 0.1) is 24.5 Å². The van der Waals surface area contributed by atoms with E-state index in [1.54, 1.807) is 49.4 Å². The molecule has 8 heteroatoms. The Morgan fingerprint density at radius 2 is 1.90 bits per heavy atom. The number of carbonyl (C=O) groups excluding carboxylic acids is 3. The van der Waals surface area contributed by atoms with Crippen LogP contribution in [0.15, 0.2) is 48.5 Å². The van der Waals surface area contributed by atoms with Crippen molar-refractivity contribution in [2.45, 2.75) is 25.1 Å². The molecule has 0 radical (unpaired) electrons. The van der Waals surface area contributed by atoms with E-state index in [0.29, 0.717) is 11.3 Å². The zero-order valence-electron chi connectivity index (χ0n) is 15.9. The zero-order chi connectivity index (χ0) is 20.8. The molecule has 1 unspecified atom stereocenters. The number of amides is 2. The molecule has 1 fully saturated rings. The molecule has 1 N–H and O–H groups in total. The van der Waals surface area contributed by atoms with Crippen molar-refractivity contribution in [2.24, 2.45) is 0 Å². The summed E-state index contributed by atoms with van der Waals surface area (Å²) in [6.45, 7) is 1.97. The highest BCUT2D eigenvalue weighted by Gasteiger charge is 2.36. The van der Waals surface area contributed by atoms with Crippen LogP contribution >= 0.6 is 11.8 Å². The molecule has 0 spiro atoms. The van der Waals surface area contributed by atoms with Gasteiger partial charge in [0.1, 0.15) is 11.2 Å². The van der Waals surface area contributed by atoms with E-state index in [1.807, 2.05) is 0 Å². The molecule has 29 heavy (non-hydrogen) atoms. The predicted molar refractivity (Wildman–Crippen MR) is 110 cm³/mol. The number of hydrogen-bond acceptors (Lipinski definition) is 5. The van der Waals surface area contributed by atoms with Crippen LogP contribution in [0.5, 0.6) is 0 Å². The number of esters is 1. The van der Waals surface area contributed by atoms with Gasteiger partial charge < -0.3 is 10.1 Å². The van der Waals surface area contributed by atoms with Gasteiger partial charge in [-0.15, -0.1) is 11.8 Å². The van der Waals surface area contributed by atoms with Gasteiger partial charge in [0.2, 0.25) is 11.8 Å².